The van der Waals surface area contributed by atoms with Gasteiger partial charge < -0.3 is 9.84 Å². The molecule has 0 bridgehead atoms. The second-order valence-corrected chi connectivity index (χ2v) is 5.32. The van der Waals surface area contributed by atoms with Crippen LogP contribution in [-0.2, 0) is 12.8 Å². The first-order valence-corrected chi connectivity index (χ1v) is 7.32. The Bertz CT molecular complexity index is 524. The lowest BCUT2D eigenvalue weighted by Gasteiger charge is -2.11. The van der Waals surface area contributed by atoms with Crippen molar-refractivity contribution in [1.29, 1.82) is 0 Å². The third-order valence-corrected chi connectivity index (χ3v) is 3.50. The summed E-state index contributed by atoms with van der Waals surface area (Å²) in [5.74, 6) is 1.41. The lowest BCUT2D eigenvalue weighted by molar-refractivity contribution is 0.352. The molecule has 0 spiro atoms. The van der Waals surface area contributed by atoms with E-state index in [2.05, 4.69) is 22.4 Å². The van der Waals surface area contributed by atoms with Crippen molar-refractivity contribution in [1.82, 2.24) is 15.5 Å². The minimum absolute atomic E-state index is 0.392. The molecule has 0 aliphatic rings. The van der Waals surface area contributed by atoms with Gasteiger partial charge in [0.15, 0.2) is 5.82 Å². The summed E-state index contributed by atoms with van der Waals surface area (Å²) >= 11 is 5.86. The van der Waals surface area contributed by atoms with Gasteiger partial charge in [0.25, 0.3) is 0 Å². The molecule has 20 heavy (non-hydrogen) atoms. The minimum Gasteiger partial charge on any atom is -0.339 e. The van der Waals surface area contributed by atoms with E-state index in [4.69, 9.17) is 16.1 Å². The second-order valence-electron chi connectivity index (χ2n) is 4.89. The molecule has 0 amide bonds. The van der Waals surface area contributed by atoms with Gasteiger partial charge in [-0.15, -0.1) is 0 Å². The van der Waals surface area contributed by atoms with Crippen LogP contribution in [0.4, 0.5) is 0 Å². The Morgan fingerprint density at radius 2 is 2.05 bits per heavy atom. The van der Waals surface area contributed by atoms with Crippen molar-refractivity contribution in [2.24, 2.45) is 0 Å². The molecular formula is C15H20ClN3O. The molecule has 1 unspecified atom stereocenters. The van der Waals surface area contributed by atoms with Crippen molar-refractivity contribution in [2.45, 2.75) is 38.6 Å². The number of hydrogen-bond donors (Lipinski definition) is 1. The van der Waals surface area contributed by atoms with Crippen LogP contribution in [0.3, 0.4) is 0 Å². The summed E-state index contributed by atoms with van der Waals surface area (Å²) in [6, 6.07) is 8.09. The molecule has 0 saturated heterocycles. The molecule has 1 atom stereocenters. The van der Waals surface area contributed by atoms with Gasteiger partial charge in [0, 0.05) is 23.9 Å². The third-order valence-electron chi connectivity index (χ3n) is 3.25. The van der Waals surface area contributed by atoms with E-state index in [1.165, 1.54) is 0 Å². The molecule has 1 aromatic heterocycles. The van der Waals surface area contributed by atoms with Gasteiger partial charge in [0.1, 0.15) is 0 Å². The van der Waals surface area contributed by atoms with Crippen molar-refractivity contribution < 1.29 is 4.52 Å². The van der Waals surface area contributed by atoms with Crippen LogP contribution in [0, 0.1) is 0 Å². The van der Waals surface area contributed by atoms with Crippen molar-refractivity contribution >= 4 is 11.6 Å². The average molecular weight is 294 g/mol. The second kappa shape index (κ2) is 7.41. The number of likely N-dealkylation sites (N-methyl/N-ethyl adjacent to an activating group) is 1. The number of aromatic nitrogens is 2. The molecule has 0 aliphatic heterocycles. The molecule has 1 N–H and O–H groups in total. The van der Waals surface area contributed by atoms with Crippen molar-refractivity contribution in [2.75, 3.05) is 7.05 Å². The molecule has 108 valence electrons. The fourth-order valence-corrected chi connectivity index (χ4v) is 2.26. The molecule has 1 heterocycles. The molecule has 4 nitrogen and oxygen atoms in total. The summed E-state index contributed by atoms with van der Waals surface area (Å²) in [6.45, 7) is 2.17. The van der Waals surface area contributed by atoms with E-state index in [-0.39, 0.29) is 0 Å². The highest BCUT2D eigenvalue weighted by Crippen LogP contribution is 2.13. The molecular weight excluding hydrogens is 274 g/mol. The molecule has 2 rings (SSSR count). The Labute approximate surface area is 124 Å². The lowest BCUT2D eigenvalue weighted by atomic mass is 10.1. The molecule has 1 aromatic carbocycles. The fourth-order valence-electron chi connectivity index (χ4n) is 2.14. The van der Waals surface area contributed by atoms with E-state index in [1.54, 1.807) is 0 Å². The fraction of sp³-hybridized carbons (Fsp3) is 0.467. The zero-order valence-corrected chi connectivity index (χ0v) is 12.7. The topological polar surface area (TPSA) is 51.0 Å². The normalized spacial score (nSPS) is 12.6. The Morgan fingerprint density at radius 1 is 1.30 bits per heavy atom. The summed E-state index contributed by atoms with van der Waals surface area (Å²) in [5.41, 5.74) is 1.13. The van der Waals surface area contributed by atoms with Gasteiger partial charge in [-0.3, -0.25) is 0 Å². The smallest absolute Gasteiger partial charge is 0.228 e. The van der Waals surface area contributed by atoms with E-state index in [1.807, 2.05) is 31.3 Å². The Morgan fingerprint density at radius 3 is 2.70 bits per heavy atom. The van der Waals surface area contributed by atoms with Crippen LogP contribution in [0.25, 0.3) is 0 Å². The van der Waals surface area contributed by atoms with Gasteiger partial charge in [-0.05, 0) is 31.2 Å². The number of benzene rings is 1. The molecule has 5 heteroatoms. The van der Waals surface area contributed by atoms with E-state index in [9.17, 15) is 0 Å². The van der Waals surface area contributed by atoms with Gasteiger partial charge in [0.2, 0.25) is 5.89 Å². The van der Waals surface area contributed by atoms with Gasteiger partial charge >= 0.3 is 0 Å². The van der Waals surface area contributed by atoms with Gasteiger partial charge in [-0.1, -0.05) is 42.2 Å². The van der Waals surface area contributed by atoms with E-state index in [0.29, 0.717) is 24.2 Å². The zero-order chi connectivity index (χ0) is 14.4. The predicted octanol–water partition coefficient (Wildman–Crippen LogP) is 3.24. The van der Waals surface area contributed by atoms with Crippen molar-refractivity contribution in [3.8, 4) is 0 Å². The summed E-state index contributed by atoms with van der Waals surface area (Å²) in [6.07, 6.45) is 3.68. The Hall–Kier alpha value is -1.39. The minimum atomic E-state index is 0.392. The summed E-state index contributed by atoms with van der Waals surface area (Å²) in [4.78, 5) is 4.45. The maximum Gasteiger partial charge on any atom is 0.228 e. The maximum absolute atomic E-state index is 5.86. The number of hydrogen-bond acceptors (Lipinski definition) is 4. The number of nitrogens with one attached hydrogen (secondary N) is 1. The molecule has 0 aliphatic carbocycles. The van der Waals surface area contributed by atoms with Crippen LogP contribution in [0.2, 0.25) is 5.02 Å². The summed E-state index contributed by atoms with van der Waals surface area (Å²) in [5, 5.41) is 8.04. The van der Waals surface area contributed by atoms with E-state index >= 15 is 0 Å². The summed E-state index contributed by atoms with van der Waals surface area (Å²) in [7, 11) is 1.96. The van der Waals surface area contributed by atoms with Gasteiger partial charge in [0.05, 0.1) is 0 Å². The van der Waals surface area contributed by atoms with Crippen molar-refractivity contribution in [3.05, 3.63) is 46.6 Å². The van der Waals surface area contributed by atoms with E-state index < -0.39 is 0 Å². The highest BCUT2D eigenvalue weighted by Gasteiger charge is 2.12. The quantitative estimate of drug-likeness (QED) is 0.851. The van der Waals surface area contributed by atoms with Crippen molar-refractivity contribution in [3.63, 3.8) is 0 Å². The first kappa shape index (κ1) is 15.0. The molecule has 0 radical (unpaired) electrons. The first-order chi connectivity index (χ1) is 9.71. The largest absolute Gasteiger partial charge is 0.339 e. The Balaban J connectivity index is 1.96. The highest BCUT2D eigenvalue weighted by atomic mass is 35.5. The SMILES string of the molecule is CCCC(Cc1nc(Cc2ccc(Cl)cc2)no1)NC. The third kappa shape index (κ3) is 4.32. The molecule has 0 fully saturated rings. The van der Waals surface area contributed by atoms with Crippen LogP contribution < -0.4 is 5.32 Å². The van der Waals surface area contributed by atoms with Gasteiger partial charge in [-0.25, -0.2) is 0 Å². The van der Waals surface area contributed by atoms with Crippen LogP contribution in [-0.4, -0.2) is 23.2 Å². The van der Waals surface area contributed by atoms with Gasteiger partial charge in [-0.2, -0.15) is 4.98 Å². The average Bonchev–Trinajstić information content (AvgIpc) is 2.88. The monoisotopic (exact) mass is 293 g/mol. The van der Waals surface area contributed by atoms with Crippen LogP contribution in [0.5, 0.6) is 0 Å². The highest BCUT2D eigenvalue weighted by molar-refractivity contribution is 6.30. The first-order valence-electron chi connectivity index (χ1n) is 6.94. The standard InChI is InChI=1S/C15H20ClN3O/c1-3-4-13(17-2)10-15-18-14(19-20-15)9-11-5-7-12(16)8-6-11/h5-8,13,17H,3-4,9-10H2,1-2H3. The Kier molecular flexibility index (Phi) is 5.56. The van der Waals surface area contributed by atoms with Crippen LogP contribution >= 0.6 is 11.6 Å². The van der Waals surface area contributed by atoms with Crippen LogP contribution in [0.1, 0.15) is 37.0 Å². The zero-order valence-electron chi connectivity index (χ0n) is 11.9. The number of rotatable bonds is 7. The molecule has 0 saturated carbocycles. The van der Waals surface area contributed by atoms with E-state index in [0.717, 1.165) is 29.8 Å². The number of nitrogens with zero attached hydrogens (tertiary/aromatic N) is 2. The molecule has 2 aromatic rings. The lowest BCUT2D eigenvalue weighted by Crippen LogP contribution is -2.27. The number of halogens is 1. The predicted molar refractivity (Wildman–Crippen MR) is 80.0 cm³/mol. The maximum atomic E-state index is 5.86. The summed E-state index contributed by atoms with van der Waals surface area (Å²) < 4.78 is 5.31. The van der Waals surface area contributed by atoms with Crippen LogP contribution in [0.15, 0.2) is 28.8 Å².